The zero-order valence-corrected chi connectivity index (χ0v) is 11.2. The number of benzene rings is 1. The number of aromatic carboxylic acids is 1. The van der Waals surface area contributed by atoms with Crippen molar-refractivity contribution in [2.75, 3.05) is 20.8 Å². The lowest BCUT2D eigenvalue weighted by molar-refractivity contribution is 0.0277. The molecule has 0 radical (unpaired) electrons. The highest BCUT2D eigenvalue weighted by atomic mass is 16.5. The first-order valence-electron chi connectivity index (χ1n) is 5.98. The van der Waals surface area contributed by atoms with Crippen LogP contribution in [0.15, 0.2) is 34.9 Å². The normalized spacial score (nSPS) is 12.3. The van der Waals surface area contributed by atoms with Crippen molar-refractivity contribution in [1.82, 2.24) is 5.16 Å². The quantitative estimate of drug-likeness (QED) is 0.873. The molecule has 1 aromatic heterocycles. The van der Waals surface area contributed by atoms with Crippen molar-refractivity contribution in [2.24, 2.45) is 0 Å². The fourth-order valence-electron chi connectivity index (χ4n) is 1.94. The third kappa shape index (κ3) is 2.87. The van der Waals surface area contributed by atoms with Crippen LogP contribution in [0, 0.1) is 0 Å². The first-order chi connectivity index (χ1) is 9.67. The molecule has 2 rings (SSSR count). The zero-order valence-electron chi connectivity index (χ0n) is 11.2. The van der Waals surface area contributed by atoms with Crippen LogP contribution in [0.2, 0.25) is 0 Å². The third-order valence-corrected chi connectivity index (χ3v) is 2.90. The predicted octanol–water partition coefficient (Wildman–Crippen LogP) is 2.37. The van der Waals surface area contributed by atoms with Crippen molar-refractivity contribution in [3.05, 3.63) is 41.6 Å². The van der Waals surface area contributed by atoms with Crippen LogP contribution in [0.5, 0.6) is 0 Å². The summed E-state index contributed by atoms with van der Waals surface area (Å²) in [5.41, 5.74) is 1.46. The average molecular weight is 277 g/mol. The van der Waals surface area contributed by atoms with E-state index in [2.05, 4.69) is 5.16 Å². The smallest absolute Gasteiger partial charge is 0.358 e. The monoisotopic (exact) mass is 277 g/mol. The second-order valence-electron chi connectivity index (χ2n) is 4.15. The molecule has 1 heterocycles. The summed E-state index contributed by atoms with van der Waals surface area (Å²) in [6, 6.07) is 8.80. The van der Waals surface area contributed by atoms with E-state index < -0.39 is 5.97 Å². The summed E-state index contributed by atoms with van der Waals surface area (Å²) in [6.45, 7) is 0.382. The largest absolute Gasteiger partial charge is 0.476 e. The van der Waals surface area contributed by atoms with Crippen molar-refractivity contribution >= 4 is 5.97 Å². The van der Waals surface area contributed by atoms with E-state index in [1.807, 2.05) is 24.3 Å². The number of aromatic nitrogens is 1. The van der Waals surface area contributed by atoms with Crippen molar-refractivity contribution in [3.8, 4) is 11.3 Å². The molecule has 0 amide bonds. The van der Waals surface area contributed by atoms with Gasteiger partial charge in [-0.05, 0) is 5.56 Å². The van der Waals surface area contributed by atoms with Crippen LogP contribution in [0.3, 0.4) is 0 Å². The van der Waals surface area contributed by atoms with Crippen LogP contribution in [-0.4, -0.2) is 37.1 Å². The van der Waals surface area contributed by atoms with Crippen LogP contribution >= 0.6 is 0 Å². The Morgan fingerprint density at radius 2 is 2.15 bits per heavy atom. The van der Waals surface area contributed by atoms with E-state index in [9.17, 15) is 4.79 Å². The Morgan fingerprint density at radius 3 is 2.75 bits per heavy atom. The summed E-state index contributed by atoms with van der Waals surface area (Å²) in [6.07, 6.45) is -0.269. The molecule has 0 aliphatic carbocycles. The molecule has 1 aromatic carbocycles. The molecule has 106 valence electrons. The fraction of sp³-hybridized carbons (Fsp3) is 0.286. The van der Waals surface area contributed by atoms with Crippen LogP contribution in [0.1, 0.15) is 22.2 Å². The summed E-state index contributed by atoms with van der Waals surface area (Å²) in [5, 5.41) is 12.4. The molecule has 0 aliphatic heterocycles. The number of carboxylic acid groups (broad SMARTS) is 1. The van der Waals surface area contributed by atoms with Crippen molar-refractivity contribution in [1.29, 1.82) is 0 Å². The van der Waals surface area contributed by atoms with Crippen molar-refractivity contribution in [2.45, 2.75) is 6.10 Å². The number of methoxy groups -OCH3 is 2. The summed E-state index contributed by atoms with van der Waals surface area (Å²) < 4.78 is 15.6. The van der Waals surface area contributed by atoms with Crippen LogP contribution in [0.25, 0.3) is 11.3 Å². The minimum Gasteiger partial charge on any atom is -0.476 e. The Morgan fingerprint density at radius 1 is 1.40 bits per heavy atom. The van der Waals surface area contributed by atoms with Crippen LogP contribution < -0.4 is 0 Å². The SMILES string of the molecule is COCC(OC)c1ccccc1-c1cc(C(=O)O)no1. The Bertz CT molecular complexity index is 593. The lowest BCUT2D eigenvalue weighted by Gasteiger charge is -2.17. The molecule has 0 bridgehead atoms. The Kier molecular flexibility index (Phi) is 4.49. The second-order valence-corrected chi connectivity index (χ2v) is 4.15. The molecule has 1 unspecified atom stereocenters. The molecule has 0 saturated heterocycles. The van der Waals surface area contributed by atoms with E-state index >= 15 is 0 Å². The van der Waals surface area contributed by atoms with E-state index in [4.69, 9.17) is 19.1 Å². The lowest BCUT2D eigenvalue weighted by Crippen LogP contribution is -2.09. The summed E-state index contributed by atoms with van der Waals surface area (Å²) in [7, 11) is 3.18. The van der Waals surface area contributed by atoms with Gasteiger partial charge in [0.1, 0.15) is 6.10 Å². The second kappa shape index (κ2) is 6.31. The van der Waals surface area contributed by atoms with Gasteiger partial charge < -0.3 is 19.1 Å². The Balaban J connectivity index is 2.42. The number of ether oxygens (including phenoxy) is 2. The molecule has 0 fully saturated rings. The minimum absolute atomic E-state index is 0.129. The number of nitrogens with zero attached hydrogens (tertiary/aromatic N) is 1. The standard InChI is InChI=1S/C14H15NO5/c1-18-8-13(19-2)10-6-4-3-5-9(10)12-7-11(14(16)17)15-20-12/h3-7,13H,8H2,1-2H3,(H,16,17). The van der Waals surface area contributed by atoms with Gasteiger partial charge in [0.2, 0.25) is 0 Å². The van der Waals surface area contributed by atoms with Crippen molar-refractivity contribution < 1.29 is 23.9 Å². The molecule has 0 saturated carbocycles. The molecule has 0 aliphatic rings. The molecule has 1 N–H and O–H groups in total. The number of rotatable bonds is 6. The van der Waals surface area contributed by atoms with Gasteiger partial charge in [0.05, 0.1) is 6.61 Å². The average Bonchev–Trinajstić information content (AvgIpc) is 2.95. The highest BCUT2D eigenvalue weighted by Crippen LogP contribution is 2.30. The van der Waals surface area contributed by atoms with E-state index in [0.29, 0.717) is 12.4 Å². The zero-order chi connectivity index (χ0) is 14.5. The maximum absolute atomic E-state index is 10.9. The van der Waals surface area contributed by atoms with Gasteiger partial charge in [-0.2, -0.15) is 0 Å². The number of carbonyl (C=O) groups is 1. The highest BCUT2D eigenvalue weighted by molar-refractivity contribution is 5.86. The van der Waals surface area contributed by atoms with Crippen molar-refractivity contribution in [3.63, 3.8) is 0 Å². The summed E-state index contributed by atoms with van der Waals surface area (Å²) in [5.74, 6) is -0.742. The molecule has 1 atom stereocenters. The fourth-order valence-corrected chi connectivity index (χ4v) is 1.94. The molecule has 6 nitrogen and oxygen atoms in total. The van der Waals surface area contributed by atoms with Crippen LogP contribution in [0.4, 0.5) is 0 Å². The minimum atomic E-state index is -1.13. The Hall–Kier alpha value is -2.18. The lowest BCUT2D eigenvalue weighted by atomic mass is 10.0. The maximum Gasteiger partial charge on any atom is 0.358 e. The van der Waals surface area contributed by atoms with Gasteiger partial charge in [-0.15, -0.1) is 0 Å². The van der Waals surface area contributed by atoms with E-state index in [-0.39, 0.29) is 11.8 Å². The molecule has 20 heavy (non-hydrogen) atoms. The van der Waals surface area contributed by atoms with Crippen LogP contribution in [-0.2, 0) is 9.47 Å². The van der Waals surface area contributed by atoms with Gasteiger partial charge in [-0.3, -0.25) is 0 Å². The highest BCUT2D eigenvalue weighted by Gasteiger charge is 2.19. The topological polar surface area (TPSA) is 81.8 Å². The maximum atomic E-state index is 10.9. The van der Waals surface area contributed by atoms with E-state index in [1.54, 1.807) is 14.2 Å². The first-order valence-corrected chi connectivity index (χ1v) is 5.98. The number of hydrogen-bond acceptors (Lipinski definition) is 5. The van der Waals surface area contributed by atoms with E-state index in [0.717, 1.165) is 11.1 Å². The summed E-state index contributed by atoms with van der Waals surface area (Å²) >= 11 is 0. The number of hydrogen-bond donors (Lipinski definition) is 1. The van der Waals surface area contributed by atoms with Gasteiger partial charge in [0.25, 0.3) is 0 Å². The summed E-state index contributed by atoms with van der Waals surface area (Å²) in [4.78, 5) is 10.9. The molecule has 0 spiro atoms. The van der Waals surface area contributed by atoms with Gasteiger partial charge in [-0.25, -0.2) is 4.79 Å². The molecular weight excluding hydrogens is 262 g/mol. The third-order valence-electron chi connectivity index (χ3n) is 2.90. The van der Waals surface area contributed by atoms with E-state index in [1.165, 1.54) is 6.07 Å². The molecule has 6 heteroatoms. The first kappa shape index (κ1) is 14.2. The number of carboxylic acids is 1. The predicted molar refractivity (Wildman–Crippen MR) is 70.5 cm³/mol. The van der Waals surface area contributed by atoms with Gasteiger partial charge in [0, 0.05) is 25.8 Å². The molecular formula is C14H15NO5. The van der Waals surface area contributed by atoms with Gasteiger partial charge in [0.15, 0.2) is 11.5 Å². The molecule has 2 aromatic rings. The van der Waals surface area contributed by atoms with Gasteiger partial charge >= 0.3 is 5.97 Å². The Labute approximate surface area is 115 Å². The van der Waals surface area contributed by atoms with Gasteiger partial charge in [-0.1, -0.05) is 29.4 Å².